The van der Waals surface area contributed by atoms with Crippen molar-refractivity contribution in [3.05, 3.63) is 17.5 Å². The lowest BCUT2D eigenvalue weighted by Crippen LogP contribution is -2.42. The molecule has 0 atom stereocenters. The number of fused-ring (bicyclic) bond motifs is 1. The zero-order valence-electron chi connectivity index (χ0n) is 14.0. The Balaban J connectivity index is 1.67. The van der Waals surface area contributed by atoms with E-state index in [1.54, 1.807) is 0 Å². The molecule has 1 aromatic rings. The highest BCUT2D eigenvalue weighted by Crippen LogP contribution is 2.27. The Morgan fingerprint density at radius 1 is 1.22 bits per heavy atom. The van der Waals surface area contributed by atoms with Crippen LogP contribution in [0, 0.1) is 5.92 Å². The van der Waals surface area contributed by atoms with E-state index in [9.17, 15) is 9.59 Å². The van der Waals surface area contributed by atoms with E-state index in [0.717, 1.165) is 18.5 Å². The van der Waals surface area contributed by atoms with Gasteiger partial charge < -0.3 is 10.2 Å². The quantitative estimate of drug-likeness (QED) is 0.926. The fourth-order valence-corrected chi connectivity index (χ4v) is 3.51. The van der Waals surface area contributed by atoms with E-state index < -0.39 is 0 Å². The molecular weight excluding hydrogens is 292 g/mol. The Kier molecular flexibility index (Phi) is 4.68. The van der Waals surface area contributed by atoms with Gasteiger partial charge >= 0.3 is 0 Å². The van der Waals surface area contributed by atoms with Crippen molar-refractivity contribution < 1.29 is 9.59 Å². The summed E-state index contributed by atoms with van der Waals surface area (Å²) in [6.45, 7) is 5.78. The van der Waals surface area contributed by atoms with Gasteiger partial charge in [-0.25, -0.2) is 0 Å². The maximum atomic E-state index is 12.7. The van der Waals surface area contributed by atoms with Crippen LogP contribution in [0.5, 0.6) is 0 Å². The van der Waals surface area contributed by atoms with Crippen molar-refractivity contribution in [2.75, 3.05) is 6.54 Å². The van der Waals surface area contributed by atoms with E-state index >= 15 is 0 Å². The highest BCUT2D eigenvalue weighted by molar-refractivity contribution is 5.92. The summed E-state index contributed by atoms with van der Waals surface area (Å²) in [7, 11) is 0. The summed E-state index contributed by atoms with van der Waals surface area (Å²) in [5.74, 6) is 0.333. The summed E-state index contributed by atoms with van der Waals surface area (Å²) < 4.78 is 1.86. The third-order valence-corrected chi connectivity index (χ3v) is 4.72. The second-order valence-electron chi connectivity index (χ2n) is 6.97. The predicted octanol–water partition coefficient (Wildman–Crippen LogP) is 1.94. The Morgan fingerprint density at radius 2 is 1.96 bits per heavy atom. The van der Waals surface area contributed by atoms with Crippen LogP contribution in [0.1, 0.15) is 62.1 Å². The van der Waals surface area contributed by atoms with Gasteiger partial charge in [-0.2, -0.15) is 5.10 Å². The fourth-order valence-electron chi connectivity index (χ4n) is 3.51. The van der Waals surface area contributed by atoms with E-state index in [0.29, 0.717) is 25.3 Å². The van der Waals surface area contributed by atoms with Crippen LogP contribution in [0.15, 0.2) is 6.07 Å². The van der Waals surface area contributed by atoms with E-state index in [4.69, 9.17) is 0 Å². The van der Waals surface area contributed by atoms with Gasteiger partial charge in [-0.05, 0) is 32.8 Å². The third-order valence-electron chi connectivity index (χ3n) is 4.72. The fraction of sp³-hybridized carbons (Fsp3) is 0.706. The Bertz CT molecular complexity index is 587. The molecule has 6 nitrogen and oxygen atoms in total. The molecule has 3 rings (SSSR count). The highest BCUT2D eigenvalue weighted by Gasteiger charge is 2.29. The Hall–Kier alpha value is -1.85. The molecule has 6 heteroatoms. The summed E-state index contributed by atoms with van der Waals surface area (Å²) in [4.78, 5) is 26.7. The Morgan fingerprint density at radius 3 is 2.65 bits per heavy atom. The predicted molar refractivity (Wildman–Crippen MR) is 86.8 cm³/mol. The molecule has 1 fully saturated rings. The lowest BCUT2D eigenvalue weighted by Gasteiger charge is -2.32. The first-order valence-electron chi connectivity index (χ1n) is 8.71. The zero-order valence-corrected chi connectivity index (χ0v) is 14.0. The number of nitrogens with zero attached hydrogens (tertiary/aromatic N) is 3. The molecule has 1 saturated carbocycles. The maximum absolute atomic E-state index is 12.7. The zero-order chi connectivity index (χ0) is 16.4. The largest absolute Gasteiger partial charge is 0.348 e. The van der Waals surface area contributed by atoms with Gasteiger partial charge in [0.2, 0.25) is 5.91 Å². The van der Waals surface area contributed by atoms with E-state index in [1.807, 2.05) is 29.5 Å². The number of carbonyl (C=O) groups is 2. The lowest BCUT2D eigenvalue weighted by molar-refractivity contribution is -0.138. The highest BCUT2D eigenvalue weighted by atomic mass is 16.2. The molecule has 2 heterocycles. The van der Waals surface area contributed by atoms with Crippen molar-refractivity contribution >= 4 is 11.8 Å². The molecule has 1 aliphatic heterocycles. The third kappa shape index (κ3) is 3.57. The summed E-state index contributed by atoms with van der Waals surface area (Å²) in [5, 5.41) is 7.24. The number of amides is 2. The van der Waals surface area contributed by atoms with Crippen LogP contribution in [-0.4, -0.2) is 39.1 Å². The molecular formula is C17H26N4O2. The van der Waals surface area contributed by atoms with Gasteiger partial charge in [0.1, 0.15) is 0 Å². The number of hydrogen-bond donors (Lipinski definition) is 1. The summed E-state index contributed by atoms with van der Waals surface area (Å²) in [5.41, 5.74) is 1.40. The smallest absolute Gasteiger partial charge is 0.271 e. The van der Waals surface area contributed by atoms with Gasteiger partial charge in [-0.3, -0.25) is 14.3 Å². The first kappa shape index (κ1) is 16.0. The second kappa shape index (κ2) is 6.72. The number of nitrogens with one attached hydrogen (secondary N) is 1. The standard InChI is InChI=1S/C17H26N4O2/c1-12(2)18-16(22)15-10-14-11-20(8-9-21(14)19-15)17(23)13-6-4-3-5-7-13/h10,12-13H,3-9,11H2,1-2H3,(H,18,22). The molecule has 0 spiro atoms. The normalized spacial score (nSPS) is 18.8. The molecule has 1 N–H and O–H groups in total. The minimum Gasteiger partial charge on any atom is -0.348 e. The SMILES string of the molecule is CC(C)NC(=O)c1cc2n(n1)CCN(C(=O)C1CCCCC1)C2. The average molecular weight is 318 g/mol. The average Bonchev–Trinajstić information content (AvgIpc) is 2.97. The lowest BCUT2D eigenvalue weighted by atomic mass is 9.88. The van der Waals surface area contributed by atoms with E-state index in [2.05, 4.69) is 10.4 Å². The van der Waals surface area contributed by atoms with Crippen molar-refractivity contribution in [1.29, 1.82) is 0 Å². The van der Waals surface area contributed by atoms with Crippen LogP contribution in [0.4, 0.5) is 0 Å². The molecule has 0 radical (unpaired) electrons. The number of carbonyl (C=O) groups excluding carboxylic acids is 2. The molecule has 2 aliphatic rings. The Labute approximate surface area is 137 Å². The molecule has 0 bridgehead atoms. The van der Waals surface area contributed by atoms with Crippen LogP contribution in [0.25, 0.3) is 0 Å². The van der Waals surface area contributed by atoms with Gasteiger partial charge in [0.05, 0.1) is 18.8 Å². The van der Waals surface area contributed by atoms with Crippen molar-refractivity contribution in [3.63, 3.8) is 0 Å². The topological polar surface area (TPSA) is 67.2 Å². The maximum Gasteiger partial charge on any atom is 0.271 e. The van der Waals surface area contributed by atoms with Crippen LogP contribution in [0.2, 0.25) is 0 Å². The molecule has 23 heavy (non-hydrogen) atoms. The van der Waals surface area contributed by atoms with Gasteiger partial charge in [0.25, 0.3) is 5.91 Å². The molecule has 2 amide bonds. The molecule has 0 saturated heterocycles. The second-order valence-corrected chi connectivity index (χ2v) is 6.97. The van der Waals surface area contributed by atoms with Crippen LogP contribution >= 0.6 is 0 Å². The first-order chi connectivity index (χ1) is 11.0. The van der Waals surface area contributed by atoms with Crippen molar-refractivity contribution in [1.82, 2.24) is 20.0 Å². The minimum atomic E-state index is -0.146. The number of rotatable bonds is 3. The van der Waals surface area contributed by atoms with Crippen LogP contribution in [-0.2, 0) is 17.9 Å². The number of aromatic nitrogens is 2. The first-order valence-corrected chi connectivity index (χ1v) is 8.71. The minimum absolute atomic E-state index is 0.0885. The van der Waals surface area contributed by atoms with Crippen molar-refractivity contribution in [2.45, 2.75) is 65.1 Å². The van der Waals surface area contributed by atoms with Gasteiger partial charge in [0, 0.05) is 18.5 Å². The number of hydrogen-bond acceptors (Lipinski definition) is 3. The van der Waals surface area contributed by atoms with E-state index in [1.165, 1.54) is 19.3 Å². The molecule has 0 unspecified atom stereocenters. The monoisotopic (exact) mass is 318 g/mol. The molecule has 1 aromatic heterocycles. The van der Waals surface area contributed by atoms with Gasteiger partial charge in [0.15, 0.2) is 5.69 Å². The summed E-state index contributed by atoms with van der Waals surface area (Å²) in [6, 6.07) is 1.91. The van der Waals surface area contributed by atoms with Crippen LogP contribution in [0.3, 0.4) is 0 Å². The summed E-state index contributed by atoms with van der Waals surface area (Å²) in [6.07, 6.45) is 5.64. The molecule has 0 aromatic carbocycles. The molecule has 126 valence electrons. The van der Waals surface area contributed by atoms with E-state index in [-0.39, 0.29) is 23.8 Å². The molecule has 1 aliphatic carbocycles. The van der Waals surface area contributed by atoms with Crippen molar-refractivity contribution in [2.24, 2.45) is 5.92 Å². The van der Waals surface area contributed by atoms with Crippen molar-refractivity contribution in [3.8, 4) is 0 Å². The van der Waals surface area contributed by atoms with Crippen LogP contribution < -0.4 is 5.32 Å². The summed E-state index contributed by atoms with van der Waals surface area (Å²) >= 11 is 0. The van der Waals surface area contributed by atoms with Gasteiger partial charge in [-0.15, -0.1) is 0 Å². The van der Waals surface area contributed by atoms with Gasteiger partial charge in [-0.1, -0.05) is 19.3 Å².